The van der Waals surface area contributed by atoms with Crippen LogP contribution in [0.1, 0.15) is 42.1 Å². The Hall–Kier alpha value is -1.82. The molecule has 1 aliphatic rings. The number of nitrogens with zero attached hydrogens (tertiary/aromatic N) is 1. The van der Waals surface area contributed by atoms with E-state index in [1.807, 2.05) is 6.92 Å². The van der Waals surface area contributed by atoms with Crippen LogP contribution in [0.4, 0.5) is 0 Å². The first-order valence-electron chi connectivity index (χ1n) is 8.02. The molecule has 0 aliphatic carbocycles. The topological polar surface area (TPSA) is 77.2 Å². The molecule has 22 heavy (non-hydrogen) atoms. The molecule has 1 atom stereocenters. The Kier molecular flexibility index (Phi) is 6.00. The van der Waals surface area contributed by atoms with Gasteiger partial charge in [0.2, 0.25) is 5.91 Å². The first-order valence-corrected chi connectivity index (χ1v) is 8.02. The summed E-state index contributed by atoms with van der Waals surface area (Å²) in [7, 11) is 0. The van der Waals surface area contributed by atoms with Crippen molar-refractivity contribution in [3.63, 3.8) is 0 Å². The van der Waals surface area contributed by atoms with Crippen LogP contribution in [-0.4, -0.2) is 53.9 Å². The second-order valence-corrected chi connectivity index (χ2v) is 5.94. The standard InChI is InChI=1S/C16H26N4O2/c1-12-10-17-11-14(12)16(22)19-13(2)15(21)18-6-9-20-7-4-3-5-8-20/h10-11,13,17H,3-9H2,1-2H3,(H,18,21)(H,19,22)/t13-/m1/s1. The van der Waals surface area contributed by atoms with Crippen LogP contribution in [0, 0.1) is 6.92 Å². The summed E-state index contributed by atoms with van der Waals surface area (Å²) >= 11 is 0. The maximum absolute atomic E-state index is 12.0. The molecular formula is C16H26N4O2. The number of hydrogen-bond acceptors (Lipinski definition) is 3. The Morgan fingerprint density at radius 3 is 2.64 bits per heavy atom. The number of aromatic nitrogens is 1. The Balaban J connectivity index is 1.70. The maximum Gasteiger partial charge on any atom is 0.253 e. The van der Waals surface area contributed by atoms with E-state index in [-0.39, 0.29) is 11.8 Å². The molecule has 1 aromatic heterocycles. The van der Waals surface area contributed by atoms with Gasteiger partial charge in [-0.3, -0.25) is 9.59 Å². The van der Waals surface area contributed by atoms with E-state index in [1.165, 1.54) is 19.3 Å². The van der Waals surface area contributed by atoms with Crippen molar-refractivity contribution < 1.29 is 9.59 Å². The van der Waals surface area contributed by atoms with Crippen molar-refractivity contribution in [1.82, 2.24) is 20.5 Å². The van der Waals surface area contributed by atoms with Crippen LogP contribution in [0.3, 0.4) is 0 Å². The summed E-state index contributed by atoms with van der Waals surface area (Å²) in [5.74, 6) is -0.365. The molecule has 0 saturated carbocycles. The number of piperidine rings is 1. The van der Waals surface area contributed by atoms with Gasteiger partial charge in [-0.05, 0) is 45.3 Å². The molecule has 122 valence electrons. The molecule has 6 nitrogen and oxygen atoms in total. The summed E-state index contributed by atoms with van der Waals surface area (Å²) < 4.78 is 0. The van der Waals surface area contributed by atoms with Crippen molar-refractivity contribution in [2.45, 2.75) is 39.2 Å². The highest BCUT2D eigenvalue weighted by atomic mass is 16.2. The average Bonchev–Trinajstić information content (AvgIpc) is 2.94. The average molecular weight is 306 g/mol. The third-order valence-electron chi connectivity index (χ3n) is 4.11. The summed E-state index contributed by atoms with van der Waals surface area (Å²) in [5, 5.41) is 5.62. The summed E-state index contributed by atoms with van der Waals surface area (Å²) in [6.07, 6.45) is 7.21. The lowest BCUT2D eigenvalue weighted by Crippen LogP contribution is -2.47. The lowest BCUT2D eigenvalue weighted by Gasteiger charge is -2.26. The Bertz CT molecular complexity index is 506. The fraction of sp³-hybridized carbons (Fsp3) is 0.625. The number of H-pyrrole nitrogens is 1. The van der Waals surface area contributed by atoms with Crippen LogP contribution in [0.25, 0.3) is 0 Å². The van der Waals surface area contributed by atoms with Gasteiger partial charge in [-0.2, -0.15) is 0 Å². The monoisotopic (exact) mass is 306 g/mol. The zero-order chi connectivity index (χ0) is 15.9. The number of carbonyl (C=O) groups excluding carboxylic acids is 2. The molecule has 1 aliphatic heterocycles. The number of carbonyl (C=O) groups is 2. The predicted octanol–water partition coefficient (Wildman–Crippen LogP) is 1.04. The molecule has 1 fully saturated rings. The van der Waals surface area contributed by atoms with Crippen LogP contribution >= 0.6 is 0 Å². The summed E-state index contributed by atoms with van der Waals surface area (Å²) in [5.41, 5.74) is 1.45. The minimum absolute atomic E-state index is 0.140. The van der Waals surface area contributed by atoms with Gasteiger partial charge in [0, 0.05) is 25.5 Å². The molecular weight excluding hydrogens is 280 g/mol. The number of aromatic amines is 1. The summed E-state index contributed by atoms with van der Waals surface area (Å²) in [4.78, 5) is 29.3. The smallest absolute Gasteiger partial charge is 0.253 e. The van der Waals surface area contributed by atoms with Crippen molar-refractivity contribution in [3.05, 3.63) is 23.5 Å². The summed E-state index contributed by atoms with van der Waals surface area (Å²) in [6.45, 7) is 7.31. The molecule has 3 N–H and O–H groups in total. The molecule has 2 amide bonds. The SMILES string of the molecule is Cc1c[nH]cc1C(=O)N[C@H](C)C(=O)NCCN1CCCCC1. The number of amides is 2. The van der Waals surface area contributed by atoms with E-state index < -0.39 is 6.04 Å². The zero-order valence-electron chi connectivity index (χ0n) is 13.4. The second kappa shape index (κ2) is 7.98. The second-order valence-electron chi connectivity index (χ2n) is 5.94. The molecule has 0 radical (unpaired) electrons. The lowest BCUT2D eigenvalue weighted by molar-refractivity contribution is -0.122. The fourth-order valence-corrected chi connectivity index (χ4v) is 2.70. The molecule has 6 heteroatoms. The highest BCUT2D eigenvalue weighted by Crippen LogP contribution is 2.07. The molecule has 1 saturated heterocycles. The van der Waals surface area contributed by atoms with Gasteiger partial charge in [-0.25, -0.2) is 0 Å². The highest BCUT2D eigenvalue weighted by molar-refractivity contribution is 5.98. The number of rotatable bonds is 6. The van der Waals surface area contributed by atoms with Gasteiger partial charge in [-0.1, -0.05) is 6.42 Å². The van der Waals surface area contributed by atoms with Gasteiger partial charge in [0.05, 0.1) is 5.56 Å². The molecule has 2 heterocycles. The number of nitrogens with one attached hydrogen (secondary N) is 3. The van der Waals surface area contributed by atoms with Crippen LogP contribution in [0.5, 0.6) is 0 Å². The van der Waals surface area contributed by atoms with Gasteiger partial charge in [0.15, 0.2) is 0 Å². The van der Waals surface area contributed by atoms with E-state index >= 15 is 0 Å². The quantitative estimate of drug-likeness (QED) is 0.735. The van der Waals surface area contributed by atoms with E-state index in [1.54, 1.807) is 19.3 Å². The highest BCUT2D eigenvalue weighted by Gasteiger charge is 2.18. The molecule has 0 bridgehead atoms. The first-order chi connectivity index (χ1) is 10.6. The lowest BCUT2D eigenvalue weighted by atomic mass is 10.1. The van der Waals surface area contributed by atoms with E-state index in [0.29, 0.717) is 12.1 Å². The van der Waals surface area contributed by atoms with Crippen LogP contribution in [-0.2, 0) is 4.79 Å². The van der Waals surface area contributed by atoms with Gasteiger partial charge >= 0.3 is 0 Å². The Morgan fingerprint density at radius 1 is 1.27 bits per heavy atom. The predicted molar refractivity (Wildman–Crippen MR) is 85.8 cm³/mol. The largest absolute Gasteiger partial charge is 0.367 e. The number of likely N-dealkylation sites (tertiary alicyclic amines) is 1. The molecule has 0 aromatic carbocycles. The molecule has 1 aromatic rings. The fourth-order valence-electron chi connectivity index (χ4n) is 2.70. The molecule has 2 rings (SSSR count). The van der Waals surface area contributed by atoms with Gasteiger partial charge in [0.25, 0.3) is 5.91 Å². The third-order valence-corrected chi connectivity index (χ3v) is 4.11. The van der Waals surface area contributed by atoms with Crippen molar-refractivity contribution in [1.29, 1.82) is 0 Å². The van der Waals surface area contributed by atoms with Gasteiger partial charge < -0.3 is 20.5 Å². The Labute approximate surface area is 131 Å². The van der Waals surface area contributed by atoms with Gasteiger partial charge in [-0.15, -0.1) is 0 Å². The first kappa shape index (κ1) is 16.5. The van der Waals surface area contributed by atoms with E-state index in [0.717, 1.165) is 25.2 Å². The van der Waals surface area contributed by atoms with Crippen LogP contribution in [0.15, 0.2) is 12.4 Å². The Morgan fingerprint density at radius 2 is 2.00 bits per heavy atom. The maximum atomic E-state index is 12.0. The van der Waals surface area contributed by atoms with E-state index in [4.69, 9.17) is 0 Å². The minimum Gasteiger partial charge on any atom is -0.367 e. The summed E-state index contributed by atoms with van der Waals surface area (Å²) in [6, 6.07) is -0.539. The van der Waals surface area contributed by atoms with Crippen molar-refractivity contribution in [3.8, 4) is 0 Å². The molecule has 0 unspecified atom stereocenters. The normalized spacial score (nSPS) is 17.0. The van der Waals surface area contributed by atoms with Crippen LogP contribution < -0.4 is 10.6 Å². The van der Waals surface area contributed by atoms with Crippen molar-refractivity contribution in [2.24, 2.45) is 0 Å². The van der Waals surface area contributed by atoms with Crippen LogP contribution in [0.2, 0.25) is 0 Å². The van der Waals surface area contributed by atoms with Gasteiger partial charge in [0.1, 0.15) is 6.04 Å². The number of hydrogen-bond donors (Lipinski definition) is 3. The van der Waals surface area contributed by atoms with Crippen molar-refractivity contribution >= 4 is 11.8 Å². The molecule has 0 spiro atoms. The zero-order valence-corrected chi connectivity index (χ0v) is 13.4. The minimum atomic E-state index is -0.539. The van der Waals surface area contributed by atoms with E-state index in [2.05, 4.69) is 20.5 Å². The van der Waals surface area contributed by atoms with E-state index in [9.17, 15) is 9.59 Å². The third kappa shape index (κ3) is 4.59. The number of aryl methyl sites for hydroxylation is 1. The van der Waals surface area contributed by atoms with Crippen molar-refractivity contribution in [2.75, 3.05) is 26.2 Å².